The lowest BCUT2D eigenvalue weighted by Gasteiger charge is -2.50. The van der Waals surface area contributed by atoms with E-state index >= 15 is 0 Å². The molecular formula is C29H48O3. The minimum absolute atomic E-state index is 0.0349. The van der Waals surface area contributed by atoms with Gasteiger partial charge in [0.25, 0.3) is 0 Å². The van der Waals surface area contributed by atoms with E-state index in [1.807, 2.05) is 6.08 Å². The van der Waals surface area contributed by atoms with E-state index in [0.29, 0.717) is 35.2 Å². The van der Waals surface area contributed by atoms with E-state index in [2.05, 4.69) is 34.6 Å². The van der Waals surface area contributed by atoms with Gasteiger partial charge in [0.2, 0.25) is 0 Å². The van der Waals surface area contributed by atoms with Crippen molar-refractivity contribution < 1.29 is 14.6 Å². The molecule has 1 heterocycles. The molecule has 1 aliphatic heterocycles. The van der Waals surface area contributed by atoms with Crippen molar-refractivity contribution in [3.8, 4) is 0 Å². The van der Waals surface area contributed by atoms with Crippen LogP contribution >= 0.6 is 0 Å². The van der Waals surface area contributed by atoms with Gasteiger partial charge in [-0.2, -0.15) is 0 Å². The van der Waals surface area contributed by atoms with Crippen molar-refractivity contribution in [3.63, 3.8) is 0 Å². The van der Waals surface area contributed by atoms with Crippen molar-refractivity contribution in [3.05, 3.63) is 12.2 Å². The molecule has 10 atom stereocenters. The van der Waals surface area contributed by atoms with Crippen LogP contribution in [-0.4, -0.2) is 29.2 Å². The number of hydrogen-bond donors (Lipinski definition) is 1. The lowest BCUT2D eigenvalue weighted by Crippen LogP contribution is -2.46. The van der Waals surface area contributed by atoms with Crippen LogP contribution in [0.25, 0.3) is 0 Å². The Balaban J connectivity index is 1.46. The first-order chi connectivity index (χ1) is 15.0. The van der Waals surface area contributed by atoms with Gasteiger partial charge in [-0.15, -0.1) is 0 Å². The summed E-state index contributed by atoms with van der Waals surface area (Å²) < 4.78 is 6.62. The first kappa shape index (κ1) is 24.5. The summed E-state index contributed by atoms with van der Waals surface area (Å²) in [7, 11) is 0. The quantitative estimate of drug-likeness (QED) is 0.487. The Morgan fingerprint density at radius 1 is 1.06 bits per heavy atom. The maximum absolute atomic E-state index is 11.4. The van der Waals surface area contributed by atoms with Gasteiger partial charge in [-0.25, -0.2) is 0 Å². The summed E-state index contributed by atoms with van der Waals surface area (Å²) in [6.07, 6.45) is 15.0. The Morgan fingerprint density at radius 3 is 2.53 bits per heavy atom. The largest absolute Gasteiger partial charge is 0.393 e. The fourth-order valence-electron chi connectivity index (χ4n) is 9.05. The van der Waals surface area contributed by atoms with E-state index in [1.54, 1.807) is 13.0 Å². The van der Waals surface area contributed by atoms with E-state index in [4.69, 9.17) is 4.74 Å². The van der Waals surface area contributed by atoms with E-state index in [0.717, 1.165) is 24.7 Å². The molecule has 0 aromatic heterocycles. The van der Waals surface area contributed by atoms with E-state index in [9.17, 15) is 9.90 Å². The van der Waals surface area contributed by atoms with Crippen molar-refractivity contribution in [2.45, 2.75) is 118 Å². The first-order valence-electron chi connectivity index (χ1n) is 13.6. The zero-order valence-corrected chi connectivity index (χ0v) is 21.5. The molecule has 3 saturated carbocycles. The highest BCUT2D eigenvalue weighted by Crippen LogP contribution is 2.63. The lowest BCUT2D eigenvalue weighted by molar-refractivity contribution is -0.113. The van der Waals surface area contributed by atoms with Crippen LogP contribution in [0.5, 0.6) is 0 Å². The van der Waals surface area contributed by atoms with Crippen LogP contribution in [0.1, 0.15) is 99.3 Å². The molecular weight excluding hydrogens is 396 g/mol. The molecule has 0 aromatic carbocycles. The number of rotatable bonds is 5. The zero-order chi connectivity index (χ0) is 23.3. The van der Waals surface area contributed by atoms with Crippen molar-refractivity contribution in [1.82, 2.24) is 0 Å². The van der Waals surface area contributed by atoms with Gasteiger partial charge >= 0.3 is 0 Å². The highest BCUT2D eigenvalue weighted by atomic mass is 16.5. The number of carbonyl (C=O) groups excluding carboxylic acids is 1. The molecule has 3 heteroatoms. The second-order valence-electron chi connectivity index (χ2n) is 13.0. The summed E-state index contributed by atoms with van der Waals surface area (Å²) in [6.45, 7) is 13.7. The molecule has 1 N–H and O–H groups in total. The third-order valence-corrected chi connectivity index (χ3v) is 10.7. The van der Waals surface area contributed by atoms with E-state index in [-0.39, 0.29) is 23.4 Å². The smallest absolute Gasteiger partial charge is 0.152 e. The molecule has 0 aromatic rings. The van der Waals surface area contributed by atoms with Crippen LogP contribution in [0.2, 0.25) is 0 Å². The van der Waals surface area contributed by atoms with Crippen molar-refractivity contribution in [1.29, 1.82) is 0 Å². The lowest BCUT2D eigenvalue weighted by atomic mass is 9.56. The number of fused-ring (bicyclic) bond motifs is 3. The Bertz CT molecular complexity index is 711. The van der Waals surface area contributed by atoms with Crippen LogP contribution in [-0.2, 0) is 9.53 Å². The van der Waals surface area contributed by atoms with Gasteiger partial charge in [0.1, 0.15) is 0 Å². The second-order valence-corrected chi connectivity index (χ2v) is 13.0. The van der Waals surface area contributed by atoms with E-state index in [1.165, 1.54) is 44.9 Å². The van der Waals surface area contributed by atoms with Crippen molar-refractivity contribution in [2.75, 3.05) is 0 Å². The highest BCUT2D eigenvalue weighted by molar-refractivity contribution is 5.87. The Labute approximate surface area is 196 Å². The topological polar surface area (TPSA) is 46.5 Å². The summed E-state index contributed by atoms with van der Waals surface area (Å²) in [4.78, 5) is 11.4. The average Bonchev–Trinajstić information content (AvgIpc) is 3.02. The van der Waals surface area contributed by atoms with Gasteiger partial charge in [0.05, 0.1) is 18.3 Å². The summed E-state index contributed by atoms with van der Waals surface area (Å²) in [5.41, 5.74) is 0.433. The maximum atomic E-state index is 11.4. The van der Waals surface area contributed by atoms with Gasteiger partial charge < -0.3 is 9.84 Å². The van der Waals surface area contributed by atoms with Crippen LogP contribution in [0.15, 0.2) is 12.2 Å². The minimum Gasteiger partial charge on any atom is -0.393 e. The standard InChI is InChI=1S/C29H48O3/c1-18-9-14-26(31)28(4,5)23(18)13-11-21-8-7-15-29(6)24(21)17-25-27(29)19(2)16-22(32-25)12-10-20(3)30/h10,12,18-19,21-27,31H,7-9,11,13-17H2,1-6H3/b12-10+/t18?,19-,21+,22+,23?,24?,25?,26+,27?,29+/m1/s1. The molecule has 0 radical (unpaired) electrons. The number of aliphatic hydroxyl groups is 1. The molecule has 1 saturated heterocycles. The molecule has 3 nitrogen and oxygen atoms in total. The monoisotopic (exact) mass is 444 g/mol. The molecule has 0 amide bonds. The molecule has 0 bridgehead atoms. The molecule has 32 heavy (non-hydrogen) atoms. The maximum Gasteiger partial charge on any atom is 0.152 e. The minimum atomic E-state index is -0.149. The summed E-state index contributed by atoms with van der Waals surface area (Å²) in [5, 5.41) is 10.7. The zero-order valence-electron chi connectivity index (χ0n) is 21.5. The van der Waals surface area contributed by atoms with Crippen LogP contribution < -0.4 is 0 Å². The van der Waals surface area contributed by atoms with Crippen LogP contribution in [0.4, 0.5) is 0 Å². The van der Waals surface area contributed by atoms with Crippen LogP contribution in [0.3, 0.4) is 0 Å². The summed E-state index contributed by atoms with van der Waals surface area (Å²) in [6, 6.07) is 0. The van der Waals surface area contributed by atoms with Gasteiger partial charge in [0.15, 0.2) is 5.78 Å². The molecule has 182 valence electrons. The van der Waals surface area contributed by atoms with Gasteiger partial charge in [-0.3, -0.25) is 4.79 Å². The predicted octanol–water partition coefficient (Wildman–Crippen LogP) is 6.58. The number of ketones is 1. The fourth-order valence-corrected chi connectivity index (χ4v) is 9.05. The third-order valence-electron chi connectivity index (χ3n) is 10.7. The Kier molecular flexibility index (Phi) is 7.01. The molecule has 4 rings (SSSR count). The van der Waals surface area contributed by atoms with Gasteiger partial charge in [-0.05, 0) is 104 Å². The molecule has 3 aliphatic carbocycles. The highest BCUT2D eigenvalue weighted by Gasteiger charge is 2.59. The van der Waals surface area contributed by atoms with Crippen molar-refractivity contribution in [2.24, 2.45) is 46.3 Å². The number of hydrogen-bond acceptors (Lipinski definition) is 3. The summed E-state index contributed by atoms with van der Waals surface area (Å²) in [5.74, 6) is 4.31. The van der Waals surface area contributed by atoms with Gasteiger partial charge in [-0.1, -0.05) is 53.5 Å². The normalized spacial score (nSPS) is 48.4. The van der Waals surface area contributed by atoms with Crippen molar-refractivity contribution >= 4 is 5.78 Å². The number of aliphatic hydroxyl groups excluding tert-OH is 1. The third kappa shape index (κ3) is 4.38. The Hall–Kier alpha value is -0.670. The number of allylic oxidation sites excluding steroid dienone is 1. The summed E-state index contributed by atoms with van der Waals surface area (Å²) >= 11 is 0. The molecule has 4 fully saturated rings. The molecule has 0 spiro atoms. The fraction of sp³-hybridized carbons (Fsp3) is 0.897. The average molecular weight is 445 g/mol. The predicted molar refractivity (Wildman–Crippen MR) is 130 cm³/mol. The molecule has 4 aliphatic rings. The van der Waals surface area contributed by atoms with E-state index < -0.39 is 0 Å². The first-order valence-corrected chi connectivity index (χ1v) is 13.6. The molecule has 5 unspecified atom stereocenters. The van der Waals surface area contributed by atoms with Gasteiger partial charge in [0, 0.05) is 0 Å². The number of carbonyl (C=O) groups is 1. The second kappa shape index (κ2) is 9.17. The van der Waals surface area contributed by atoms with Crippen LogP contribution in [0, 0.1) is 46.3 Å². The Morgan fingerprint density at radius 2 is 1.81 bits per heavy atom. The SMILES string of the molecule is CC(=O)/C=C/[C@H]1C[C@@H](C)C2C(CC3[C@H](CCC4C(C)CC[C@H](O)C4(C)C)CCC[C@@]32C)O1. The number of ether oxygens (including phenoxy) is 1.